The topological polar surface area (TPSA) is 64.7 Å². The van der Waals surface area contributed by atoms with Crippen LogP contribution in [0.4, 0.5) is 10.5 Å². The molecule has 1 aliphatic heterocycles. The van der Waals surface area contributed by atoms with Crippen LogP contribution in [0, 0.1) is 5.92 Å². The molecule has 3 rings (SSSR count). The van der Waals surface area contributed by atoms with Crippen molar-refractivity contribution in [2.75, 3.05) is 38.0 Å². The fraction of sp³-hybridized carbons (Fsp3) is 0.478. The molecule has 30 heavy (non-hydrogen) atoms. The summed E-state index contributed by atoms with van der Waals surface area (Å²) in [6.07, 6.45) is 1.38. The van der Waals surface area contributed by atoms with Crippen LogP contribution in [0.3, 0.4) is 0 Å². The lowest BCUT2D eigenvalue weighted by Crippen LogP contribution is -2.48. The normalized spacial score (nSPS) is 15.8. The Morgan fingerprint density at radius 2 is 1.83 bits per heavy atom. The van der Waals surface area contributed by atoms with Crippen LogP contribution in [0.2, 0.25) is 0 Å². The zero-order chi connectivity index (χ0) is 21.3. The molecular weight excluding hydrogens is 396 g/mol. The van der Waals surface area contributed by atoms with Gasteiger partial charge in [-0.2, -0.15) is 11.3 Å². The SMILES string of the molecule is CCN(CC)C(CNC(=O)N1CCC(C(=O)Nc2ccccc2)CC1)c1ccsc1. The average Bonchev–Trinajstić information content (AvgIpc) is 3.32. The summed E-state index contributed by atoms with van der Waals surface area (Å²) in [7, 11) is 0. The van der Waals surface area contributed by atoms with Gasteiger partial charge in [0.15, 0.2) is 0 Å². The first kappa shape index (κ1) is 22.3. The lowest BCUT2D eigenvalue weighted by Gasteiger charge is -2.33. The lowest BCUT2D eigenvalue weighted by atomic mass is 9.96. The summed E-state index contributed by atoms with van der Waals surface area (Å²) >= 11 is 1.68. The number of likely N-dealkylation sites (N-methyl/N-ethyl adjacent to an activating group) is 1. The highest BCUT2D eigenvalue weighted by atomic mass is 32.1. The van der Waals surface area contributed by atoms with Gasteiger partial charge in [-0.25, -0.2) is 4.79 Å². The number of rotatable bonds is 8. The maximum absolute atomic E-state index is 12.7. The van der Waals surface area contributed by atoms with E-state index in [4.69, 9.17) is 0 Å². The van der Waals surface area contributed by atoms with Crippen molar-refractivity contribution in [2.24, 2.45) is 5.92 Å². The predicted octanol–water partition coefficient (Wildman–Crippen LogP) is 4.19. The highest BCUT2D eigenvalue weighted by molar-refractivity contribution is 7.07. The Kier molecular flexibility index (Phi) is 8.28. The fourth-order valence-electron chi connectivity index (χ4n) is 3.99. The molecule has 1 unspecified atom stereocenters. The summed E-state index contributed by atoms with van der Waals surface area (Å²) < 4.78 is 0. The molecule has 2 heterocycles. The van der Waals surface area contributed by atoms with Crippen LogP contribution in [-0.4, -0.2) is 54.5 Å². The lowest BCUT2D eigenvalue weighted by molar-refractivity contribution is -0.121. The van der Waals surface area contributed by atoms with E-state index in [0.29, 0.717) is 32.5 Å². The summed E-state index contributed by atoms with van der Waals surface area (Å²) in [5, 5.41) is 10.3. The zero-order valence-corrected chi connectivity index (χ0v) is 18.7. The van der Waals surface area contributed by atoms with Crippen molar-refractivity contribution >= 4 is 29.0 Å². The number of likely N-dealkylation sites (tertiary alicyclic amines) is 1. The van der Waals surface area contributed by atoms with Gasteiger partial charge in [-0.05, 0) is 60.5 Å². The molecule has 3 amide bonds. The van der Waals surface area contributed by atoms with Gasteiger partial charge >= 0.3 is 6.03 Å². The average molecular weight is 429 g/mol. The molecule has 0 saturated carbocycles. The maximum atomic E-state index is 12.7. The van der Waals surface area contributed by atoms with Crippen molar-refractivity contribution in [1.29, 1.82) is 0 Å². The summed E-state index contributed by atoms with van der Waals surface area (Å²) in [6.45, 7) is 7.97. The quantitative estimate of drug-likeness (QED) is 0.663. The number of benzene rings is 1. The van der Waals surface area contributed by atoms with Gasteiger partial charge < -0.3 is 15.5 Å². The maximum Gasteiger partial charge on any atom is 0.317 e. The Morgan fingerprint density at radius 3 is 2.43 bits per heavy atom. The number of urea groups is 1. The van der Waals surface area contributed by atoms with Gasteiger partial charge in [-0.3, -0.25) is 9.69 Å². The summed E-state index contributed by atoms with van der Waals surface area (Å²) in [6, 6.07) is 11.8. The van der Waals surface area contributed by atoms with Crippen LogP contribution < -0.4 is 10.6 Å². The fourth-order valence-corrected chi connectivity index (χ4v) is 4.70. The first-order valence-corrected chi connectivity index (χ1v) is 11.7. The first-order chi connectivity index (χ1) is 14.6. The van der Waals surface area contributed by atoms with E-state index in [0.717, 1.165) is 18.8 Å². The van der Waals surface area contributed by atoms with Crippen molar-refractivity contribution in [3.8, 4) is 0 Å². The molecule has 1 saturated heterocycles. The molecule has 6 nitrogen and oxygen atoms in total. The molecule has 1 atom stereocenters. The van der Waals surface area contributed by atoms with Crippen LogP contribution in [0.1, 0.15) is 38.3 Å². The van der Waals surface area contributed by atoms with E-state index in [-0.39, 0.29) is 23.9 Å². The third kappa shape index (κ3) is 5.83. The van der Waals surface area contributed by atoms with Crippen LogP contribution in [0.5, 0.6) is 0 Å². The minimum absolute atomic E-state index is 0.0377. The molecule has 1 aromatic heterocycles. The van der Waals surface area contributed by atoms with E-state index in [1.54, 1.807) is 11.3 Å². The van der Waals surface area contributed by atoms with E-state index in [1.807, 2.05) is 35.2 Å². The molecule has 7 heteroatoms. The third-order valence-electron chi connectivity index (χ3n) is 5.82. The largest absolute Gasteiger partial charge is 0.336 e. The molecule has 0 radical (unpaired) electrons. The second-order valence-corrected chi connectivity index (χ2v) is 8.38. The molecule has 2 N–H and O–H groups in total. The standard InChI is InChI=1S/C23H32N4O2S/c1-3-26(4-2)21(19-12-15-30-17-19)16-24-23(29)27-13-10-18(11-14-27)22(28)25-20-8-6-5-7-9-20/h5-9,12,15,17-18,21H,3-4,10-11,13-14,16H2,1-2H3,(H,24,29)(H,25,28). The Labute approximate surface area is 183 Å². The molecule has 1 aromatic carbocycles. The Hall–Kier alpha value is -2.38. The van der Waals surface area contributed by atoms with Gasteiger partial charge in [0, 0.05) is 31.2 Å². The highest BCUT2D eigenvalue weighted by Gasteiger charge is 2.28. The number of thiophene rings is 1. The molecular formula is C23H32N4O2S. The van der Waals surface area contributed by atoms with Crippen molar-refractivity contribution in [2.45, 2.75) is 32.7 Å². The number of amides is 3. The van der Waals surface area contributed by atoms with E-state index in [1.165, 1.54) is 5.56 Å². The van der Waals surface area contributed by atoms with Gasteiger partial charge in [0.1, 0.15) is 0 Å². The Bertz CT molecular complexity index is 785. The number of carbonyl (C=O) groups is 2. The van der Waals surface area contributed by atoms with E-state index < -0.39 is 0 Å². The second kappa shape index (κ2) is 11.1. The molecule has 0 spiro atoms. The molecule has 0 bridgehead atoms. The first-order valence-electron chi connectivity index (χ1n) is 10.8. The number of anilines is 1. The van der Waals surface area contributed by atoms with Crippen LogP contribution in [0.15, 0.2) is 47.2 Å². The Balaban J connectivity index is 1.48. The van der Waals surface area contributed by atoms with Crippen LogP contribution in [0.25, 0.3) is 0 Å². The van der Waals surface area contributed by atoms with Gasteiger partial charge in [0.25, 0.3) is 0 Å². The minimum Gasteiger partial charge on any atom is -0.336 e. The monoisotopic (exact) mass is 428 g/mol. The second-order valence-electron chi connectivity index (χ2n) is 7.60. The summed E-state index contributed by atoms with van der Waals surface area (Å²) in [5.74, 6) is -0.0104. The number of hydrogen-bond acceptors (Lipinski definition) is 4. The molecule has 2 aromatic rings. The number of para-hydroxylation sites is 1. The summed E-state index contributed by atoms with van der Waals surface area (Å²) in [4.78, 5) is 29.4. The minimum atomic E-state index is -0.0523. The number of piperidine rings is 1. The van der Waals surface area contributed by atoms with Crippen LogP contribution >= 0.6 is 11.3 Å². The molecule has 1 fully saturated rings. The van der Waals surface area contributed by atoms with E-state index in [2.05, 4.69) is 46.2 Å². The molecule has 162 valence electrons. The third-order valence-corrected chi connectivity index (χ3v) is 6.52. The molecule has 0 aliphatic carbocycles. The number of nitrogens with zero attached hydrogens (tertiary/aromatic N) is 2. The highest BCUT2D eigenvalue weighted by Crippen LogP contribution is 2.23. The zero-order valence-electron chi connectivity index (χ0n) is 17.8. The molecule has 1 aliphatic rings. The van der Waals surface area contributed by atoms with Crippen molar-refractivity contribution in [3.05, 3.63) is 52.7 Å². The smallest absolute Gasteiger partial charge is 0.317 e. The van der Waals surface area contributed by atoms with Gasteiger partial charge in [0.2, 0.25) is 5.91 Å². The van der Waals surface area contributed by atoms with Gasteiger partial charge in [-0.1, -0.05) is 32.0 Å². The summed E-state index contributed by atoms with van der Waals surface area (Å²) in [5.41, 5.74) is 2.07. The van der Waals surface area contributed by atoms with E-state index in [9.17, 15) is 9.59 Å². The predicted molar refractivity (Wildman–Crippen MR) is 123 cm³/mol. The number of carbonyl (C=O) groups excluding carboxylic acids is 2. The van der Waals surface area contributed by atoms with Crippen molar-refractivity contribution < 1.29 is 9.59 Å². The van der Waals surface area contributed by atoms with Gasteiger partial charge in [-0.15, -0.1) is 0 Å². The number of nitrogens with one attached hydrogen (secondary N) is 2. The van der Waals surface area contributed by atoms with E-state index >= 15 is 0 Å². The van der Waals surface area contributed by atoms with Crippen molar-refractivity contribution in [3.63, 3.8) is 0 Å². The van der Waals surface area contributed by atoms with Crippen molar-refractivity contribution in [1.82, 2.24) is 15.1 Å². The van der Waals surface area contributed by atoms with Crippen LogP contribution in [-0.2, 0) is 4.79 Å². The van der Waals surface area contributed by atoms with Gasteiger partial charge in [0.05, 0.1) is 6.04 Å². The number of hydrogen-bond donors (Lipinski definition) is 2. The Morgan fingerprint density at radius 1 is 1.13 bits per heavy atom.